The van der Waals surface area contributed by atoms with Crippen molar-refractivity contribution in [1.29, 1.82) is 0 Å². The van der Waals surface area contributed by atoms with Crippen LogP contribution in [0.15, 0.2) is 29.0 Å². The minimum Gasteiger partial charge on any atom is -0.383 e. The fourth-order valence-corrected chi connectivity index (χ4v) is 2.63. The number of halogens is 1. The van der Waals surface area contributed by atoms with Crippen LogP contribution in [0.2, 0.25) is 0 Å². The molecule has 4 nitrogen and oxygen atoms in total. The number of nitrogens with two attached hydrogens (primary N) is 1. The molecule has 1 aromatic heterocycles. The van der Waals surface area contributed by atoms with Crippen LogP contribution in [0.25, 0.3) is 0 Å². The maximum absolute atomic E-state index is 5.94. The van der Waals surface area contributed by atoms with Gasteiger partial charge in [-0.25, -0.2) is 9.97 Å². The van der Waals surface area contributed by atoms with E-state index in [0.717, 1.165) is 21.5 Å². The first kappa shape index (κ1) is 13.8. The molecule has 0 saturated carbocycles. The molecule has 3 N–H and O–H groups in total. The Balaban J connectivity index is 2.40. The van der Waals surface area contributed by atoms with E-state index in [9.17, 15) is 0 Å². The first-order valence-electron chi connectivity index (χ1n) is 6.12. The average molecular weight is 321 g/mol. The van der Waals surface area contributed by atoms with Crippen LogP contribution in [0.4, 0.5) is 17.3 Å². The highest BCUT2D eigenvalue weighted by atomic mass is 79.9. The Morgan fingerprint density at radius 3 is 2.58 bits per heavy atom. The van der Waals surface area contributed by atoms with Gasteiger partial charge < -0.3 is 11.1 Å². The van der Waals surface area contributed by atoms with Gasteiger partial charge in [0.15, 0.2) is 0 Å². The van der Waals surface area contributed by atoms with E-state index in [4.69, 9.17) is 5.73 Å². The Kier molecular flexibility index (Phi) is 4.04. The molecule has 0 aliphatic heterocycles. The molecule has 0 saturated heterocycles. The summed E-state index contributed by atoms with van der Waals surface area (Å²) < 4.78 is 1.03. The Morgan fingerprint density at radius 1 is 1.21 bits per heavy atom. The van der Waals surface area contributed by atoms with Crippen LogP contribution >= 0.6 is 15.9 Å². The van der Waals surface area contributed by atoms with Crippen molar-refractivity contribution in [2.45, 2.75) is 26.7 Å². The maximum atomic E-state index is 5.94. The number of anilines is 3. The molecular formula is C14H17BrN4. The summed E-state index contributed by atoms with van der Waals surface area (Å²) in [6.45, 7) is 6.20. The number of rotatable bonds is 3. The van der Waals surface area contributed by atoms with E-state index in [1.165, 1.54) is 11.9 Å². The second kappa shape index (κ2) is 5.57. The van der Waals surface area contributed by atoms with Crippen LogP contribution in [0.5, 0.6) is 0 Å². The lowest BCUT2D eigenvalue weighted by atomic mass is 10.0. The molecular weight excluding hydrogens is 304 g/mol. The molecule has 0 aliphatic carbocycles. The molecule has 100 valence electrons. The lowest BCUT2D eigenvalue weighted by molar-refractivity contribution is 0.855. The van der Waals surface area contributed by atoms with E-state index in [0.29, 0.717) is 5.82 Å². The zero-order valence-corrected chi connectivity index (χ0v) is 12.8. The molecule has 1 aromatic carbocycles. The van der Waals surface area contributed by atoms with Crippen molar-refractivity contribution in [3.05, 3.63) is 40.1 Å². The summed E-state index contributed by atoms with van der Waals surface area (Å²) >= 11 is 3.49. The average Bonchev–Trinajstić information content (AvgIpc) is 2.26. The highest BCUT2D eigenvalue weighted by Crippen LogP contribution is 2.29. The normalized spacial score (nSPS) is 10.8. The van der Waals surface area contributed by atoms with Crippen molar-refractivity contribution >= 4 is 33.3 Å². The van der Waals surface area contributed by atoms with Crippen LogP contribution in [0.1, 0.15) is 30.9 Å². The predicted octanol–water partition coefficient (Wildman–Crippen LogP) is 4.00. The topological polar surface area (TPSA) is 63.8 Å². The molecule has 0 aliphatic rings. The predicted molar refractivity (Wildman–Crippen MR) is 82.7 cm³/mol. The van der Waals surface area contributed by atoms with E-state index < -0.39 is 0 Å². The van der Waals surface area contributed by atoms with Gasteiger partial charge in [-0.1, -0.05) is 29.8 Å². The van der Waals surface area contributed by atoms with Gasteiger partial charge in [-0.05, 0) is 36.6 Å². The third kappa shape index (κ3) is 3.23. The molecule has 0 atom stereocenters. The Hall–Kier alpha value is -1.62. The van der Waals surface area contributed by atoms with Crippen LogP contribution in [0, 0.1) is 6.92 Å². The molecule has 0 fully saturated rings. The Morgan fingerprint density at radius 2 is 1.95 bits per heavy atom. The molecule has 5 heteroatoms. The van der Waals surface area contributed by atoms with Gasteiger partial charge in [0.2, 0.25) is 0 Å². The van der Waals surface area contributed by atoms with Crippen molar-refractivity contribution in [3.8, 4) is 0 Å². The highest BCUT2D eigenvalue weighted by molar-refractivity contribution is 9.10. The number of hydrogen-bond acceptors (Lipinski definition) is 4. The van der Waals surface area contributed by atoms with E-state index in [2.05, 4.69) is 57.2 Å². The largest absolute Gasteiger partial charge is 0.383 e. The van der Waals surface area contributed by atoms with Crippen molar-refractivity contribution in [2.75, 3.05) is 11.1 Å². The summed E-state index contributed by atoms with van der Waals surface area (Å²) in [4.78, 5) is 8.35. The molecule has 0 amide bonds. The second-order valence-corrected chi connectivity index (χ2v) is 5.73. The Labute approximate surface area is 121 Å². The van der Waals surface area contributed by atoms with Gasteiger partial charge in [-0.3, -0.25) is 0 Å². The van der Waals surface area contributed by atoms with Crippen LogP contribution in [-0.2, 0) is 0 Å². The molecule has 0 radical (unpaired) electrons. The van der Waals surface area contributed by atoms with Gasteiger partial charge in [-0.15, -0.1) is 0 Å². The fraction of sp³-hybridized carbons (Fsp3) is 0.286. The molecule has 2 aromatic rings. The standard InChI is InChI=1S/C14H17BrN4/c1-8(2)12-13(16)17-7-18-14(12)19-11-5-9(3)4-10(15)6-11/h4-8H,1-3H3,(H3,16,17,18,19). The quantitative estimate of drug-likeness (QED) is 0.897. The number of aromatic nitrogens is 2. The van der Waals surface area contributed by atoms with Crippen LogP contribution < -0.4 is 11.1 Å². The van der Waals surface area contributed by atoms with Gasteiger partial charge in [0.05, 0.1) is 0 Å². The van der Waals surface area contributed by atoms with E-state index in [-0.39, 0.29) is 5.92 Å². The number of nitrogens with zero attached hydrogens (tertiary/aromatic N) is 2. The van der Waals surface area contributed by atoms with Gasteiger partial charge in [0, 0.05) is 15.7 Å². The number of aryl methyl sites for hydroxylation is 1. The second-order valence-electron chi connectivity index (χ2n) is 4.82. The first-order valence-corrected chi connectivity index (χ1v) is 6.91. The van der Waals surface area contributed by atoms with Crippen molar-refractivity contribution in [3.63, 3.8) is 0 Å². The number of benzene rings is 1. The maximum Gasteiger partial charge on any atom is 0.139 e. The highest BCUT2D eigenvalue weighted by Gasteiger charge is 2.13. The van der Waals surface area contributed by atoms with E-state index >= 15 is 0 Å². The SMILES string of the molecule is Cc1cc(Br)cc(Nc2ncnc(N)c2C(C)C)c1. The monoisotopic (exact) mass is 320 g/mol. The summed E-state index contributed by atoms with van der Waals surface area (Å²) in [6.07, 6.45) is 1.48. The number of nitrogen functional groups attached to an aromatic ring is 1. The van der Waals surface area contributed by atoms with Crippen molar-refractivity contribution in [2.24, 2.45) is 0 Å². The van der Waals surface area contributed by atoms with Gasteiger partial charge in [0.1, 0.15) is 18.0 Å². The summed E-state index contributed by atoms with van der Waals surface area (Å²) in [6, 6.07) is 6.13. The summed E-state index contributed by atoms with van der Waals surface area (Å²) in [5, 5.41) is 3.32. The summed E-state index contributed by atoms with van der Waals surface area (Å²) in [5.74, 6) is 1.55. The van der Waals surface area contributed by atoms with Gasteiger partial charge >= 0.3 is 0 Å². The first-order chi connectivity index (χ1) is 8.97. The lowest BCUT2D eigenvalue weighted by Gasteiger charge is -2.15. The van der Waals surface area contributed by atoms with Crippen LogP contribution in [-0.4, -0.2) is 9.97 Å². The molecule has 0 spiro atoms. The van der Waals surface area contributed by atoms with Crippen molar-refractivity contribution in [1.82, 2.24) is 9.97 Å². The smallest absolute Gasteiger partial charge is 0.139 e. The molecule has 19 heavy (non-hydrogen) atoms. The summed E-state index contributed by atoms with van der Waals surface area (Å²) in [7, 11) is 0. The van der Waals surface area contributed by atoms with Crippen molar-refractivity contribution < 1.29 is 0 Å². The lowest BCUT2D eigenvalue weighted by Crippen LogP contribution is -2.06. The molecule has 0 bridgehead atoms. The van der Waals surface area contributed by atoms with E-state index in [1.807, 2.05) is 13.0 Å². The number of nitrogens with one attached hydrogen (secondary N) is 1. The third-order valence-corrected chi connectivity index (χ3v) is 3.25. The zero-order chi connectivity index (χ0) is 14.0. The molecule has 0 unspecified atom stereocenters. The Bertz CT molecular complexity index is 576. The number of hydrogen-bond donors (Lipinski definition) is 2. The summed E-state index contributed by atoms with van der Waals surface area (Å²) in [5.41, 5.74) is 9.03. The van der Waals surface area contributed by atoms with Gasteiger partial charge in [0.25, 0.3) is 0 Å². The fourth-order valence-electron chi connectivity index (χ4n) is 2.02. The molecule has 1 heterocycles. The molecule has 2 rings (SSSR count). The van der Waals surface area contributed by atoms with Gasteiger partial charge in [-0.2, -0.15) is 0 Å². The minimum atomic E-state index is 0.261. The third-order valence-electron chi connectivity index (χ3n) is 2.80. The zero-order valence-electron chi connectivity index (χ0n) is 11.2. The van der Waals surface area contributed by atoms with E-state index in [1.54, 1.807) is 0 Å². The minimum absolute atomic E-state index is 0.261. The van der Waals surface area contributed by atoms with Crippen LogP contribution in [0.3, 0.4) is 0 Å².